The largest absolute Gasteiger partial charge is 0.297 e. The molecule has 0 radical (unpaired) electrons. The first kappa shape index (κ1) is 80.6. The van der Waals surface area contributed by atoms with Crippen molar-refractivity contribution in [2.45, 2.75) is 188 Å². The van der Waals surface area contributed by atoms with Crippen molar-refractivity contribution in [2.24, 2.45) is 51.9 Å². The summed E-state index contributed by atoms with van der Waals surface area (Å²) in [6, 6.07) is 67.6. The Kier molecular flexibility index (Phi) is 21.1. The molecule has 20 rings (SSSR count). The highest BCUT2D eigenvalue weighted by Gasteiger charge is 2.32. The quantitative estimate of drug-likeness (QED) is 0.0901. The summed E-state index contributed by atoms with van der Waals surface area (Å²) in [6.45, 7) is 45.1. The van der Waals surface area contributed by atoms with E-state index in [1.165, 1.54) is 199 Å². The Morgan fingerprint density at radius 1 is 0.300 bits per heavy atom. The van der Waals surface area contributed by atoms with Crippen molar-refractivity contribution >= 4 is 154 Å². The molecule has 0 spiro atoms. The van der Waals surface area contributed by atoms with E-state index < -0.39 is 0 Å². The number of rotatable bonds is 12. The average Bonchev–Trinajstić information content (AvgIpc) is 1.54. The summed E-state index contributed by atoms with van der Waals surface area (Å²) in [5.74, 6) is 4.38. The van der Waals surface area contributed by atoms with Crippen molar-refractivity contribution in [3.05, 3.63) is 261 Å². The first-order valence-electron chi connectivity index (χ1n) is 44.0. The van der Waals surface area contributed by atoms with Crippen LogP contribution in [0.5, 0.6) is 0 Å². The maximum absolute atomic E-state index is 5.31. The van der Waals surface area contributed by atoms with Gasteiger partial charge in [0.1, 0.15) is 22.1 Å². The molecule has 12 heterocycles. The third-order valence-electron chi connectivity index (χ3n) is 25.4. The molecule has 12 heteroatoms. The first-order chi connectivity index (χ1) is 57.5. The molecular weight excluding hydrogens is 1470 g/mol. The molecule has 0 aliphatic heterocycles. The van der Waals surface area contributed by atoms with E-state index in [-0.39, 0.29) is 0 Å². The van der Waals surface area contributed by atoms with Crippen LogP contribution in [0.25, 0.3) is 154 Å². The molecule has 0 saturated heterocycles. The fourth-order valence-electron chi connectivity index (χ4n) is 19.6. The van der Waals surface area contributed by atoms with Crippen LogP contribution >= 0.6 is 0 Å². The molecule has 0 fully saturated rings. The third-order valence-corrected chi connectivity index (χ3v) is 25.4. The first-order valence-corrected chi connectivity index (χ1v) is 44.0. The minimum absolute atomic E-state index is 0.485. The molecule has 0 unspecified atom stereocenters. The number of para-hydroxylation sites is 4. The third kappa shape index (κ3) is 13.7. The van der Waals surface area contributed by atoms with Crippen LogP contribution in [-0.4, -0.2) is 37.7 Å². The number of aryl methyl sites for hydroxylation is 8. The van der Waals surface area contributed by atoms with Gasteiger partial charge >= 0.3 is 0 Å². The van der Waals surface area contributed by atoms with E-state index in [0.717, 1.165) is 47.8 Å². The Labute approximate surface area is 706 Å². The van der Waals surface area contributed by atoms with E-state index in [1.807, 2.05) is 12.4 Å². The van der Waals surface area contributed by atoms with Gasteiger partial charge in [-0.2, -0.15) is 17.6 Å². The van der Waals surface area contributed by atoms with Crippen LogP contribution in [0.15, 0.2) is 194 Å². The SMILES string of the molecule is Cc1cc(CC(C)C)nc2c3c(CC(C)C)cccc3n3c4ccccc4[n+](C)c3c12.Cc1cc(CC(C)C)nc2c3cc(CC(C)C)ccc3n3c4ccccc4[n+](C)c3c12.Cc1ccnc2c3cc(C(C)C)ccc3[n+]3c4ccc(C(C)C)cc4n(C)c3c12.Cc1ccnc2c3ccc(C(C)C)cc3n3c4ccc(C(C)C)cc4[n+](C)c3c12. The molecule has 0 saturated carbocycles. The molecular formula is C108H120N12+4. The van der Waals surface area contributed by atoms with Crippen LogP contribution in [0.4, 0.5) is 0 Å². The fraction of sp³-hybridized carbons (Fsp3) is 0.333. The van der Waals surface area contributed by atoms with Crippen molar-refractivity contribution < 1.29 is 18.1 Å². The molecule has 0 atom stereocenters. The minimum atomic E-state index is 0.485. The van der Waals surface area contributed by atoms with Gasteiger partial charge in [0.25, 0.3) is 22.6 Å². The van der Waals surface area contributed by atoms with Gasteiger partial charge in [0.15, 0.2) is 44.1 Å². The predicted molar refractivity (Wildman–Crippen MR) is 505 cm³/mol. The summed E-state index contributed by atoms with van der Waals surface area (Å²) >= 11 is 0. The molecule has 120 heavy (non-hydrogen) atoms. The number of benzene rings is 8. The highest BCUT2D eigenvalue weighted by molar-refractivity contribution is 6.16. The number of imidazole rings is 4. The Hall–Kier alpha value is -11.8. The van der Waals surface area contributed by atoms with E-state index in [2.05, 4.69) is 385 Å². The average molecular weight is 1590 g/mol. The maximum Gasteiger partial charge on any atom is 0.297 e. The van der Waals surface area contributed by atoms with Crippen molar-refractivity contribution in [2.75, 3.05) is 0 Å². The van der Waals surface area contributed by atoms with E-state index in [1.54, 1.807) is 0 Å². The molecule has 12 aromatic heterocycles. The Balaban J connectivity index is 0.000000114. The van der Waals surface area contributed by atoms with E-state index in [0.29, 0.717) is 47.3 Å². The van der Waals surface area contributed by atoms with Crippen molar-refractivity contribution in [1.82, 2.24) is 37.7 Å². The summed E-state index contributed by atoms with van der Waals surface area (Å²) in [5, 5.41) is 10.0. The van der Waals surface area contributed by atoms with Crippen LogP contribution in [0.2, 0.25) is 0 Å². The lowest BCUT2D eigenvalue weighted by Gasteiger charge is -2.14. The number of pyridine rings is 8. The van der Waals surface area contributed by atoms with Gasteiger partial charge in [-0.05, 0) is 272 Å². The number of fused-ring (bicyclic) bond motifs is 32. The van der Waals surface area contributed by atoms with Gasteiger partial charge in [0, 0.05) is 39.9 Å². The molecule has 0 N–H and O–H groups in total. The fourth-order valence-corrected chi connectivity index (χ4v) is 19.6. The predicted octanol–water partition coefficient (Wildman–Crippen LogP) is 25.0. The standard InChI is InChI=1S/2C28H32N3.2C26H28N3/c1-17(2)14-20-10-9-13-24-26(20)27-25(19(5)16-21(29-27)15-18(3)4)28-30(6)22-11-7-8-12-23(22)31(24)28;1-17(2)13-20-11-12-23-22(16-20)27-26(19(5)15-21(29-27)14-18(3)4)28-30(6)24-9-7-8-10-25(24)31(23)28;1-15(2)18-7-9-21-20(13-18)25-24(17(5)11-12-27-25)26-28(6)23-14-19(16(3)4)8-10-22(23)29(21)26;1-15(2)18-7-9-20-22(13-18)29-21-10-8-19(16(3)4)14-23(21)28(6)26(29)24-17(5)11-12-27-25(20)24/h7-13,16-18H,14-15H2,1-6H3;7-12,15-18H,13-14H2,1-6H3;2*7-16H,1-6H3/q4*+1. The van der Waals surface area contributed by atoms with Crippen LogP contribution in [0.1, 0.15) is 201 Å². The summed E-state index contributed by atoms with van der Waals surface area (Å²) in [6.07, 6.45) is 8.02. The van der Waals surface area contributed by atoms with Crippen LogP contribution < -0.4 is 18.1 Å². The lowest BCUT2D eigenvalue weighted by molar-refractivity contribution is -0.617. The highest BCUT2D eigenvalue weighted by Crippen LogP contribution is 2.41. The van der Waals surface area contributed by atoms with Crippen LogP contribution in [0, 0.1) is 51.4 Å². The topological polar surface area (TPSA) is 85.5 Å². The molecule has 0 aliphatic rings. The van der Waals surface area contributed by atoms with Crippen molar-refractivity contribution in [3.8, 4) is 0 Å². The molecule has 20 aromatic rings. The Morgan fingerprint density at radius 2 is 0.742 bits per heavy atom. The number of nitrogens with zero attached hydrogens (tertiary/aromatic N) is 12. The molecule has 0 bridgehead atoms. The van der Waals surface area contributed by atoms with Crippen LogP contribution in [0.3, 0.4) is 0 Å². The van der Waals surface area contributed by atoms with Gasteiger partial charge in [-0.1, -0.05) is 178 Å². The zero-order valence-corrected chi connectivity index (χ0v) is 75.3. The smallest absolute Gasteiger partial charge is 0.255 e. The molecule has 0 aliphatic carbocycles. The van der Waals surface area contributed by atoms with E-state index >= 15 is 0 Å². The van der Waals surface area contributed by atoms with E-state index in [9.17, 15) is 0 Å². The van der Waals surface area contributed by atoms with Gasteiger partial charge < -0.3 is 0 Å². The molecule has 608 valence electrons. The van der Waals surface area contributed by atoms with Crippen molar-refractivity contribution in [3.63, 3.8) is 0 Å². The zero-order valence-electron chi connectivity index (χ0n) is 75.3. The molecule has 8 aromatic carbocycles. The number of hydrogen-bond acceptors (Lipinski definition) is 4. The summed E-state index contributed by atoms with van der Waals surface area (Å²) in [4.78, 5) is 20.2. The molecule has 0 amide bonds. The van der Waals surface area contributed by atoms with Gasteiger partial charge in [0.2, 0.25) is 0 Å². The van der Waals surface area contributed by atoms with Gasteiger partial charge in [0.05, 0.1) is 77.2 Å². The highest BCUT2D eigenvalue weighted by atomic mass is 15.1. The Morgan fingerprint density at radius 3 is 1.32 bits per heavy atom. The lowest BCUT2D eigenvalue weighted by atomic mass is 9.95. The zero-order chi connectivity index (χ0) is 84.6. The van der Waals surface area contributed by atoms with Gasteiger partial charge in [-0.15, -0.1) is 0 Å². The monoisotopic (exact) mass is 1580 g/mol. The second-order valence-corrected chi connectivity index (χ2v) is 37.6. The normalized spacial score (nSPS) is 12.4. The molecule has 12 nitrogen and oxygen atoms in total. The summed E-state index contributed by atoms with van der Waals surface area (Å²) < 4.78 is 19.1. The Bertz CT molecular complexity index is 7540. The summed E-state index contributed by atoms with van der Waals surface area (Å²) in [7, 11) is 8.73. The second-order valence-electron chi connectivity index (χ2n) is 37.6. The number of aromatic nitrogens is 12. The second kappa shape index (κ2) is 31.4. The summed E-state index contributed by atoms with van der Waals surface area (Å²) in [5.41, 5.74) is 40.1. The van der Waals surface area contributed by atoms with Crippen molar-refractivity contribution in [1.29, 1.82) is 0 Å². The minimum Gasteiger partial charge on any atom is -0.255 e. The van der Waals surface area contributed by atoms with Gasteiger partial charge in [-0.25, -0.2) is 18.3 Å². The van der Waals surface area contributed by atoms with Gasteiger partial charge in [-0.3, -0.25) is 19.9 Å². The number of hydrogen-bond donors (Lipinski definition) is 0. The lowest BCUT2D eigenvalue weighted by Crippen LogP contribution is -2.27. The maximum atomic E-state index is 5.31. The van der Waals surface area contributed by atoms with Crippen LogP contribution in [-0.2, 0) is 53.9 Å². The van der Waals surface area contributed by atoms with E-state index in [4.69, 9.17) is 19.9 Å².